The van der Waals surface area contributed by atoms with Crippen LogP contribution in [0.25, 0.3) is 0 Å². The highest BCUT2D eigenvalue weighted by Gasteiger charge is 2.44. The minimum atomic E-state index is -1.26. The molecular formula is C16H13N2O2. The van der Waals surface area contributed by atoms with Crippen molar-refractivity contribution in [1.29, 1.82) is 0 Å². The molecule has 4 heteroatoms. The molecule has 2 aromatic carbocycles. The number of hydrogen-bond acceptors (Lipinski definition) is 3. The Hall–Kier alpha value is -2.62. The van der Waals surface area contributed by atoms with Crippen LogP contribution in [0.5, 0.6) is 0 Å². The fraction of sp³-hybridized carbons (Fsp3) is 0.125. The van der Waals surface area contributed by atoms with Crippen molar-refractivity contribution in [2.45, 2.75) is 12.3 Å². The number of ketones is 1. The number of nitrogens with one attached hydrogen (secondary N) is 2. The van der Waals surface area contributed by atoms with E-state index in [1.165, 1.54) is 0 Å². The van der Waals surface area contributed by atoms with Gasteiger partial charge in [-0.15, -0.1) is 0 Å². The predicted octanol–water partition coefficient (Wildman–Crippen LogP) is 2.08. The summed E-state index contributed by atoms with van der Waals surface area (Å²) < 4.78 is 0. The van der Waals surface area contributed by atoms with Crippen LogP contribution in [0.2, 0.25) is 0 Å². The molecule has 1 radical (unpaired) electrons. The molecule has 2 aromatic rings. The number of Topliss-reactive ketones (excluding diaryl/α,β-unsaturated/α-hetero) is 1. The zero-order valence-corrected chi connectivity index (χ0v) is 10.9. The number of carbonyl (C=O) groups excluding carboxylic acids is 2. The molecule has 20 heavy (non-hydrogen) atoms. The largest absolute Gasteiger partial charge is 0.299 e. The lowest BCUT2D eigenvalue weighted by atomic mass is 9.75. The maximum Gasteiger partial charge on any atom is 0.256 e. The fourth-order valence-electron chi connectivity index (χ4n) is 2.35. The molecule has 2 bridgehead atoms. The third-order valence-corrected chi connectivity index (χ3v) is 3.63. The lowest BCUT2D eigenvalue weighted by Crippen LogP contribution is -2.50. The van der Waals surface area contributed by atoms with Crippen LogP contribution in [-0.2, 0) is 10.2 Å². The number of hydrazine groups is 1. The average molecular weight is 265 g/mol. The number of rotatable bonds is 1. The van der Waals surface area contributed by atoms with Crippen LogP contribution < -0.4 is 10.9 Å². The van der Waals surface area contributed by atoms with Gasteiger partial charge in [-0.25, -0.2) is 0 Å². The van der Waals surface area contributed by atoms with E-state index in [9.17, 15) is 9.59 Å². The van der Waals surface area contributed by atoms with Gasteiger partial charge in [0.1, 0.15) is 5.41 Å². The zero-order chi connectivity index (χ0) is 14.2. The van der Waals surface area contributed by atoms with Crippen LogP contribution in [-0.4, -0.2) is 11.7 Å². The molecule has 0 saturated heterocycles. The van der Waals surface area contributed by atoms with Crippen molar-refractivity contribution in [3.63, 3.8) is 0 Å². The Bertz CT molecular complexity index is 682. The van der Waals surface area contributed by atoms with Crippen molar-refractivity contribution in [3.05, 3.63) is 65.7 Å². The van der Waals surface area contributed by atoms with E-state index >= 15 is 0 Å². The van der Waals surface area contributed by atoms with Gasteiger partial charge in [-0.3, -0.25) is 20.4 Å². The van der Waals surface area contributed by atoms with Gasteiger partial charge in [0, 0.05) is 5.56 Å². The van der Waals surface area contributed by atoms with Gasteiger partial charge in [0.15, 0.2) is 5.78 Å². The van der Waals surface area contributed by atoms with Crippen LogP contribution >= 0.6 is 0 Å². The summed E-state index contributed by atoms with van der Waals surface area (Å²) in [5, 5.41) is 0. The highest BCUT2D eigenvalue weighted by Crippen LogP contribution is 2.30. The van der Waals surface area contributed by atoms with Crippen LogP contribution in [0.4, 0.5) is 5.69 Å². The predicted molar refractivity (Wildman–Crippen MR) is 75.2 cm³/mol. The molecular weight excluding hydrogens is 252 g/mol. The lowest BCUT2D eigenvalue weighted by Gasteiger charge is -2.29. The highest BCUT2D eigenvalue weighted by molar-refractivity contribution is 6.19. The summed E-state index contributed by atoms with van der Waals surface area (Å²) in [6, 6.07) is 16.9. The Kier molecular flexibility index (Phi) is 2.79. The lowest BCUT2D eigenvalue weighted by molar-refractivity contribution is -0.124. The molecule has 0 aliphatic carbocycles. The van der Waals surface area contributed by atoms with E-state index in [2.05, 4.69) is 16.9 Å². The Morgan fingerprint density at radius 1 is 1.05 bits per heavy atom. The van der Waals surface area contributed by atoms with E-state index in [0.717, 1.165) is 0 Å². The topological polar surface area (TPSA) is 58.2 Å². The summed E-state index contributed by atoms with van der Waals surface area (Å²) in [6.45, 7) is 1.64. The first-order chi connectivity index (χ1) is 9.62. The summed E-state index contributed by atoms with van der Waals surface area (Å²) >= 11 is 0. The van der Waals surface area contributed by atoms with Gasteiger partial charge in [-0.05, 0) is 36.8 Å². The summed E-state index contributed by atoms with van der Waals surface area (Å²) in [6.07, 6.45) is 0. The van der Waals surface area contributed by atoms with E-state index in [1.807, 2.05) is 18.2 Å². The van der Waals surface area contributed by atoms with E-state index in [-0.39, 0.29) is 11.7 Å². The molecule has 1 amide bonds. The molecule has 2 N–H and O–H groups in total. The van der Waals surface area contributed by atoms with E-state index < -0.39 is 5.41 Å². The van der Waals surface area contributed by atoms with E-state index in [0.29, 0.717) is 16.8 Å². The maximum atomic E-state index is 12.8. The minimum absolute atomic E-state index is 0.235. The molecule has 0 saturated carbocycles. The molecule has 1 atom stereocenters. The number of benzene rings is 2. The smallest absolute Gasteiger partial charge is 0.256 e. The third kappa shape index (κ3) is 1.77. The van der Waals surface area contributed by atoms with Crippen LogP contribution in [0, 0.1) is 6.07 Å². The number of amides is 1. The molecule has 1 aliphatic rings. The Morgan fingerprint density at radius 2 is 1.80 bits per heavy atom. The summed E-state index contributed by atoms with van der Waals surface area (Å²) in [4.78, 5) is 25.2. The number of anilines is 1. The van der Waals surface area contributed by atoms with Gasteiger partial charge >= 0.3 is 0 Å². The summed E-state index contributed by atoms with van der Waals surface area (Å²) in [7, 11) is 0. The number of carbonyl (C=O) groups is 2. The van der Waals surface area contributed by atoms with Gasteiger partial charge in [-0.2, -0.15) is 0 Å². The molecule has 1 heterocycles. The van der Waals surface area contributed by atoms with Crippen molar-refractivity contribution in [2.75, 3.05) is 5.43 Å². The number of hydrogen-bond donors (Lipinski definition) is 2. The highest BCUT2D eigenvalue weighted by atomic mass is 16.2. The molecule has 4 nitrogen and oxygen atoms in total. The van der Waals surface area contributed by atoms with Crippen molar-refractivity contribution in [2.24, 2.45) is 0 Å². The van der Waals surface area contributed by atoms with Gasteiger partial charge < -0.3 is 0 Å². The molecule has 0 fully saturated rings. The summed E-state index contributed by atoms with van der Waals surface area (Å²) in [5.74, 6) is -0.610. The Labute approximate surface area is 116 Å². The second kappa shape index (κ2) is 4.49. The molecule has 0 aromatic heterocycles. The molecule has 1 unspecified atom stereocenters. The fourth-order valence-corrected chi connectivity index (χ4v) is 2.35. The molecule has 3 rings (SSSR count). The second-order valence-corrected chi connectivity index (χ2v) is 4.91. The van der Waals surface area contributed by atoms with Gasteiger partial charge in [0.25, 0.3) is 5.91 Å². The first kappa shape index (κ1) is 12.4. The van der Waals surface area contributed by atoms with Crippen molar-refractivity contribution < 1.29 is 9.59 Å². The zero-order valence-electron chi connectivity index (χ0n) is 10.9. The molecule has 99 valence electrons. The second-order valence-electron chi connectivity index (χ2n) is 4.91. The van der Waals surface area contributed by atoms with E-state index in [4.69, 9.17) is 0 Å². The molecule has 1 aliphatic heterocycles. The van der Waals surface area contributed by atoms with Gasteiger partial charge in [0.2, 0.25) is 0 Å². The van der Waals surface area contributed by atoms with Crippen LogP contribution in [0.1, 0.15) is 22.8 Å². The first-order valence-corrected chi connectivity index (χ1v) is 6.30. The van der Waals surface area contributed by atoms with E-state index in [1.54, 1.807) is 37.3 Å². The van der Waals surface area contributed by atoms with Gasteiger partial charge in [0.05, 0.1) is 5.69 Å². The van der Waals surface area contributed by atoms with Gasteiger partial charge in [-0.1, -0.05) is 30.3 Å². The maximum absolute atomic E-state index is 12.8. The molecule has 0 spiro atoms. The Morgan fingerprint density at radius 3 is 2.55 bits per heavy atom. The standard InChI is InChI=1S/C16H13N2O2/c1-16(12-7-3-2-4-8-12)14(19)11-6-5-9-13(10-11)17-18-15(16)20/h2-4,6-10,17H,1H3,(H,18,20). The average Bonchev–Trinajstić information content (AvgIpc) is 2.51. The van der Waals surface area contributed by atoms with Crippen molar-refractivity contribution in [3.8, 4) is 0 Å². The summed E-state index contributed by atoms with van der Waals surface area (Å²) in [5.41, 5.74) is 5.89. The van der Waals surface area contributed by atoms with Crippen molar-refractivity contribution >= 4 is 17.4 Å². The normalized spacial score (nSPS) is 21.4. The van der Waals surface area contributed by atoms with Crippen molar-refractivity contribution in [1.82, 2.24) is 5.43 Å². The number of fused-ring (bicyclic) bond motifs is 2. The quantitative estimate of drug-likeness (QED) is 0.776. The monoisotopic (exact) mass is 265 g/mol. The minimum Gasteiger partial charge on any atom is -0.299 e. The third-order valence-electron chi connectivity index (χ3n) is 3.63. The SMILES string of the molecule is CC1(c2ccccc2)C(=O)NNc2c[c]cc(c2)C1=O. The first-order valence-electron chi connectivity index (χ1n) is 6.30. The van der Waals surface area contributed by atoms with Crippen LogP contribution in [0.3, 0.4) is 0 Å². The van der Waals surface area contributed by atoms with Crippen LogP contribution in [0.15, 0.2) is 48.5 Å². The Balaban J connectivity index is 2.19.